The molecule has 0 heterocycles. The molecule has 4 heteroatoms. The smallest absolute Gasteiger partial charge is 0.0853 e. The van der Waals surface area contributed by atoms with Crippen LogP contribution in [-0.2, 0) is 0 Å². The predicted octanol–water partition coefficient (Wildman–Crippen LogP) is 5.62. The van der Waals surface area contributed by atoms with Crippen LogP contribution in [-0.4, -0.2) is 44.3 Å². The second-order valence-electron chi connectivity index (χ2n) is 14.7. The topological polar surface area (TPSA) is 80.9 Å². The molecule has 4 nitrogen and oxygen atoms in total. The largest absolute Gasteiger partial charge is 0.393 e. The van der Waals surface area contributed by atoms with E-state index in [1.54, 1.807) is 11.1 Å². The van der Waals surface area contributed by atoms with Crippen LogP contribution in [0, 0.1) is 39.4 Å². The maximum absolute atomic E-state index is 11.1. The molecule has 9 atom stereocenters. The van der Waals surface area contributed by atoms with Crippen molar-refractivity contribution in [1.29, 1.82) is 0 Å². The first-order valence-corrected chi connectivity index (χ1v) is 14.0. The fourth-order valence-corrected chi connectivity index (χ4v) is 9.74. The molecule has 0 amide bonds. The van der Waals surface area contributed by atoms with Crippen LogP contribution >= 0.6 is 0 Å². The van der Waals surface area contributed by atoms with Crippen molar-refractivity contribution in [2.24, 2.45) is 39.4 Å². The van der Waals surface area contributed by atoms with Crippen LogP contribution in [0.4, 0.5) is 0 Å². The molecule has 1 unspecified atom stereocenters. The van der Waals surface area contributed by atoms with E-state index in [1.807, 2.05) is 13.8 Å². The van der Waals surface area contributed by atoms with Crippen molar-refractivity contribution in [2.45, 2.75) is 137 Å². The Labute approximate surface area is 208 Å². The lowest BCUT2D eigenvalue weighted by molar-refractivity contribution is -0.158. The number of aliphatic hydroxyl groups excluding tert-OH is 3. The summed E-state index contributed by atoms with van der Waals surface area (Å²) in [6, 6.07) is 0. The number of allylic oxidation sites excluding steroid dienone is 2. The Morgan fingerprint density at radius 2 is 1.62 bits per heavy atom. The lowest BCUT2D eigenvalue weighted by Gasteiger charge is -2.63. The van der Waals surface area contributed by atoms with E-state index in [4.69, 9.17) is 0 Å². The highest BCUT2D eigenvalue weighted by molar-refractivity contribution is 5.39. The van der Waals surface area contributed by atoms with Gasteiger partial charge < -0.3 is 20.4 Å². The van der Waals surface area contributed by atoms with Gasteiger partial charge >= 0.3 is 0 Å². The quantitative estimate of drug-likeness (QED) is 0.389. The van der Waals surface area contributed by atoms with Crippen LogP contribution in [0.1, 0.15) is 113 Å². The number of aliphatic hydroxyl groups is 4. The highest BCUT2D eigenvalue weighted by Gasteiger charge is 2.64. The molecular weight excluding hydrogens is 424 g/mol. The van der Waals surface area contributed by atoms with Crippen molar-refractivity contribution in [3.63, 3.8) is 0 Å². The lowest BCUT2D eigenvalue weighted by Crippen LogP contribution is -2.59. The van der Waals surface area contributed by atoms with Crippen LogP contribution < -0.4 is 0 Å². The van der Waals surface area contributed by atoms with Crippen LogP contribution in [0.5, 0.6) is 0 Å². The van der Waals surface area contributed by atoms with Gasteiger partial charge in [-0.3, -0.25) is 0 Å². The van der Waals surface area contributed by atoms with Gasteiger partial charge in [-0.05, 0) is 111 Å². The number of hydrogen-bond donors (Lipinski definition) is 4. The Morgan fingerprint density at radius 3 is 2.24 bits per heavy atom. The fourth-order valence-electron chi connectivity index (χ4n) is 9.74. The summed E-state index contributed by atoms with van der Waals surface area (Å²) in [6.45, 7) is 17.6. The minimum absolute atomic E-state index is 0.0456. The maximum atomic E-state index is 11.1. The van der Waals surface area contributed by atoms with E-state index in [9.17, 15) is 20.4 Å². The predicted molar refractivity (Wildman–Crippen MR) is 137 cm³/mol. The first kappa shape index (κ1) is 26.6. The zero-order valence-electron chi connectivity index (χ0n) is 23.1. The van der Waals surface area contributed by atoms with Gasteiger partial charge in [0.2, 0.25) is 0 Å². The van der Waals surface area contributed by atoms with Crippen LogP contribution in [0.15, 0.2) is 11.1 Å². The van der Waals surface area contributed by atoms with Gasteiger partial charge in [-0.1, -0.05) is 52.7 Å². The summed E-state index contributed by atoms with van der Waals surface area (Å²) < 4.78 is 0. The van der Waals surface area contributed by atoms with E-state index in [1.165, 1.54) is 6.42 Å². The average Bonchev–Trinajstić information content (AvgIpc) is 3.00. The van der Waals surface area contributed by atoms with Gasteiger partial charge in [0.05, 0.1) is 23.9 Å². The molecule has 196 valence electrons. The standard InChI is InChI=1S/C30H52O4/c1-18(22(31)13-14-26(2,3)34)19-11-15-30(8)21-9-10-24-27(4,5)25(33)23(32)17-28(24,6)20(21)12-16-29(19,30)7/h18-19,22-25,31-34H,9-17H2,1-8H3/t18-,19+,22-,23+,24?,25-,28+,29+,30-/m0/s1. The summed E-state index contributed by atoms with van der Waals surface area (Å²) in [5.74, 6) is 1.09. The molecule has 0 aromatic carbocycles. The fraction of sp³-hybridized carbons (Fsp3) is 0.933. The van der Waals surface area contributed by atoms with E-state index in [2.05, 4.69) is 41.5 Å². The summed E-state index contributed by atoms with van der Waals surface area (Å²) >= 11 is 0. The first-order valence-electron chi connectivity index (χ1n) is 14.0. The zero-order valence-corrected chi connectivity index (χ0v) is 23.1. The summed E-state index contributed by atoms with van der Waals surface area (Å²) in [4.78, 5) is 0. The number of hydrogen-bond acceptors (Lipinski definition) is 4. The Morgan fingerprint density at radius 1 is 0.971 bits per heavy atom. The molecule has 2 saturated carbocycles. The Kier molecular flexibility index (Phi) is 6.50. The lowest BCUT2D eigenvalue weighted by atomic mass is 9.43. The van der Waals surface area contributed by atoms with Crippen molar-refractivity contribution in [1.82, 2.24) is 0 Å². The van der Waals surface area contributed by atoms with E-state index in [-0.39, 0.29) is 33.7 Å². The van der Waals surface area contributed by atoms with Crippen LogP contribution in [0.25, 0.3) is 0 Å². The van der Waals surface area contributed by atoms with Gasteiger partial charge in [-0.15, -0.1) is 0 Å². The molecule has 0 aromatic heterocycles. The van der Waals surface area contributed by atoms with Crippen molar-refractivity contribution >= 4 is 0 Å². The highest BCUT2D eigenvalue weighted by Crippen LogP contribution is 2.72. The van der Waals surface area contributed by atoms with Crippen molar-refractivity contribution in [2.75, 3.05) is 0 Å². The molecule has 0 aliphatic heterocycles. The normalized spacial score (nSPS) is 45.9. The van der Waals surface area contributed by atoms with Gasteiger partial charge in [-0.25, -0.2) is 0 Å². The number of rotatable bonds is 5. The molecule has 0 radical (unpaired) electrons. The third-order valence-electron chi connectivity index (χ3n) is 12.1. The molecule has 34 heavy (non-hydrogen) atoms. The molecule has 4 aliphatic carbocycles. The van der Waals surface area contributed by atoms with Crippen molar-refractivity contribution < 1.29 is 20.4 Å². The molecule has 0 spiro atoms. The minimum atomic E-state index is -0.737. The van der Waals surface area contributed by atoms with E-state index < -0.39 is 17.8 Å². The maximum Gasteiger partial charge on any atom is 0.0853 e. The van der Waals surface area contributed by atoms with Crippen molar-refractivity contribution in [3.05, 3.63) is 11.1 Å². The zero-order chi connectivity index (χ0) is 25.5. The minimum Gasteiger partial charge on any atom is -0.393 e. The summed E-state index contributed by atoms with van der Waals surface area (Å²) in [5.41, 5.74) is 2.47. The van der Waals surface area contributed by atoms with Gasteiger partial charge in [-0.2, -0.15) is 0 Å². The molecule has 0 aromatic rings. The molecule has 2 fully saturated rings. The summed E-state index contributed by atoms with van der Waals surface area (Å²) in [6.07, 6.45) is 6.98. The summed E-state index contributed by atoms with van der Waals surface area (Å²) in [5, 5.41) is 43.0. The van der Waals surface area contributed by atoms with Crippen LogP contribution in [0.2, 0.25) is 0 Å². The monoisotopic (exact) mass is 476 g/mol. The second-order valence-corrected chi connectivity index (χ2v) is 14.7. The molecule has 4 rings (SSSR count). The van der Waals surface area contributed by atoms with Gasteiger partial charge in [0.1, 0.15) is 0 Å². The SMILES string of the molecule is C[C@@H]([C@H]1CC[C@@]2(C)C3=C(CC[C@]12C)[C@@]1(C)C[C@@H](O)[C@H](O)C(C)(C)C1CC3)[C@@H](O)CCC(C)(C)O. The molecule has 4 N–H and O–H groups in total. The van der Waals surface area contributed by atoms with Gasteiger partial charge in [0, 0.05) is 0 Å². The van der Waals surface area contributed by atoms with E-state index in [0.717, 1.165) is 32.1 Å². The third-order valence-corrected chi connectivity index (χ3v) is 12.1. The van der Waals surface area contributed by atoms with E-state index in [0.29, 0.717) is 31.1 Å². The Hall–Kier alpha value is -0.420. The third kappa shape index (κ3) is 3.76. The number of fused-ring (bicyclic) bond motifs is 4. The molecule has 0 saturated heterocycles. The Balaban J connectivity index is 1.65. The molecule has 4 aliphatic rings. The molecular formula is C30H52O4. The van der Waals surface area contributed by atoms with Gasteiger partial charge in [0.15, 0.2) is 0 Å². The second kappa shape index (κ2) is 8.30. The summed E-state index contributed by atoms with van der Waals surface area (Å²) in [7, 11) is 0. The Bertz CT molecular complexity index is 824. The average molecular weight is 477 g/mol. The van der Waals surface area contributed by atoms with E-state index >= 15 is 0 Å². The van der Waals surface area contributed by atoms with Gasteiger partial charge in [0.25, 0.3) is 0 Å². The molecule has 0 bridgehead atoms. The van der Waals surface area contributed by atoms with Crippen LogP contribution in [0.3, 0.4) is 0 Å². The highest BCUT2D eigenvalue weighted by atomic mass is 16.3. The van der Waals surface area contributed by atoms with Crippen molar-refractivity contribution in [3.8, 4) is 0 Å². The first-order chi connectivity index (χ1) is 15.5.